The fourth-order valence-electron chi connectivity index (χ4n) is 7.96. The maximum Gasteiger partial charge on any atom is 0.269 e. The van der Waals surface area contributed by atoms with E-state index in [-0.39, 0.29) is 43.3 Å². The first-order valence-electron chi connectivity index (χ1n) is 16.7. The highest BCUT2D eigenvalue weighted by Gasteiger charge is 2.67. The molecule has 3 aliphatic rings. The number of hydrogen-bond donors (Lipinski definition) is 3. The number of nitro benzene ring substituents is 1. The van der Waals surface area contributed by atoms with Crippen molar-refractivity contribution < 1.29 is 38.4 Å². The molecule has 3 aromatic rings. The van der Waals surface area contributed by atoms with Crippen molar-refractivity contribution >= 4 is 43.2 Å². The minimum Gasteiger partial charge on any atom is -0.394 e. The third-order valence-electron chi connectivity index (χ3n) is 10.4. The first-order chi connectivity index (χ1) is 23.6. The van der Waals surface area contributed by atoms with E-state index in [2.05, 4.69) is 5.32 Å². The summed E-state index contributed by atoms with van der Waals surface area (Å²) in [5, 5.41) is 34.3. The molecule has 0 aromatic heterocycles. The first-order valence-corrected chi connectivity index (χ1v) is 19.6. The fourth-order valence-corrected chi connectivity index (χ4v) is 10.5. The van der Waals surface area contributed by atoms with Gasteiger partial charge in [0.1, 0.15) is 6.10 Å². The Balaban J connectivity index is 1.34. The normalized spacial score (nSPS) is 25.0. The number of benzene rings is 3. The minimum atomic E-state index is -3.66. The van der Waals surface area contributed by atoms with Gasteiger partial charge in [0, 0.05) is 41.4 Å². The second-order valence-corrected chi connectivity index (χ2v) is 17.8. The van der Waals surface area contributed by atoms with Crippen LogP contribution in [0, 0.1) is 16.0 Å². The monoisotopic (exact) mass is 704 g/mol. The van der Waals surface area contributed by atoms with Crippen LogP contribution in [0.25, 0.3) is 0 Å². The van der Waals surface area contributed by atoms with E-state index in [1.54, 1.807) is 36.1 Å². The second-order valence-electron chi connectivity index (χ2n) is 14.0. The van der Waals surface area contributed by atoms with Gasteiger partial charge in [0.05, 0.1) is 42.3 Å². The van der Waals surface area contributed by atoms with E-state index in [0.29, 0.717) is 23.4 Å². The number of nitro groups is 1. The molecular formula is C36H41FN4O8Si. The summed E-state index contributed by atoms with van der Waals surface area (Å²) >= 11 is 0. The number of non-ortho nitro benzene ring substituents is 1. The number of hydrogen-bond acceptors (Lipinski definition) is 8. The van der Waals surface area contributed by atoms with E-state index in [1.807, 2.05) is 24.3 Å². The van der Waals surface area contributed by atoms with Gasteiger partial charge in [0.15, 0.2) is 5.60 Å². The maximum absolute atomic E-state index is 16.4. The van der Waals surface area contributed by atoms with E-state index in [1.165, 1.54) is 43.1 Å². The minimum absolute atomic E-state index is 0.0438. The number of fused-ring (bicyclic) bond motifs is 3. The Hall–Kier alpha value is -4.50. The van der Waals surface area contributed by atoms with Crippen LogP contribution in [0.4, 0.5) is 21.2 Å². The number of amides is 3. The largest absolute Gasteiger partial charge is 0.394 e. The zero-order valence-corrected chi connectivity index (χ0v) is 29.3. The Morgan fingerprint density at radius 3 is 2.44 bits per heavy atom. The van der Waals surface area contributed by atoms with Crippen molar-refractivity contribution in [1.82, 2.24) is 4.90 Å². The summed E-state index contributed by atoms with van der Waals surface area (Å²) < 4.78 is 23.1. The Bertz CT molecular complexity index is 1830. The number of nitrogens with zero attached hydrogens (tertiary/aromatic N) is 3. The first kappa shape index (κ1) is 35.3. The summed E-state index contributed by atoms with van der Waals surface area (Å²) in [5.74, 6) is -2.19. The van der Waals surface area contributed by atoms with Gasteiger partial charge in [0.25, 0.3) is 17.5 Å². The maximum atomic E-state index is 16.4. The van der Waals surface area contributed by atoms with Crippen LogP contribution < -0.4 is 10.2 Å². The number of ether oxygens (including phenoxy) is 1. The molecule has 3 N–H and O–H groups in total. The van der Waals surface area contributed by atoms with Gasteiger partial charge in [-0.05, 0) is 61.3 Å². The lowest BCUT2D eigenvalue weighted by molar-refractivity contribution is -0.385. The third-order valence-corrected chi connectivity index (χ3v) is 12.8. The second kappa shape index (κ2) is 13.3. The number of rotatable bonds is 9. The van der Waals surface area contributed by atoms with Crippen LogP contribution in [0.15, 0.2) is 66.7 Å². The molecule has 264 valence electrons. The smallest absolute Gasteiger partial charge is 0.269 e. The zero-order valence-electron chi connectivity index (χ0n) is 28.3. The lowest BCUT2D eigenvalue weighted by Crippen LogP contribution is -2.48. The molecule has 1 saturated heterocycles. The Morgan fingerprint density at radius 2 is 1.82 bits per heavy atom. The van der Waals surface area contributed by atoms with E-state index in [4.69, 9.17) is 4.74 Å². The third kappa shape index (κ3) is 6.21. The summed E-state index contributed by atoms with van der Waals surface area (Å²) in [7, 11) is -3.66. The molecule has 3 aliphatic heterocycles. The fraction of sp³-hybridized carbons (Fsp3) is 0.417. The summed E-state index contributed by atoms with van der Waals surface area (Å²) in [5.41, 5.74) is 0.900. The topological polar surface area (TPSA) is 163 Å². The standard InChI is InChI=1S/C36H41FN4O8Si/c1-21-33(50(3,4)37)31(17-32(44)39-19-25-8-6-5-7-24(25)15-28(39)20-42)49-36(21)29-16-27(41(47)48)13-14-30(29)40(35(36)46)18-23-9-11-26(12-10-23)38-34(45)22(2)43/h5-14,16,21-22,28,31,33,42-43H,15,17-20H2,1-4H3,(H,38,45)/t21-,22+,28+,31+,33-,36+/m1/s1. The van der Waals surface area contributed by atoms with E-state index < -0.39 is 60.5 Å². The Labute approximate surface area is 290 Å². The molecule has 3 aromatic carbocycles. The molecule has 0 radical (unpaired) electrons. The summed E-state index contributed by atoms with van der Waals surface area (Å²) in [4.78, 5) is 55.1. The van der Waals surface area contributed by atoms with Crippen LogP contribution in [-0.4, -0.2) is 71.0 Å². The molecule has 3 amide bonds. The van der Waals surface area contributed by atoms with Crippen molar-refractivity contribution in [1.29, 1.82) is 0 Å². The van der Waals surface area contributed by atoms with Crippen LogP contribution >= 0.6 is 0 Å². The Morgan fingerprint density at radius 1 is 1.14 bits per heavy atom. The van der Waals surface area contributed by atoms with Gasteiger partial charge in [-0.15, -0.1) is 0 Å². The number of halogens is 1. The molecule has 12 nitrogen and oxygen atoms in total. The number of anilines is 2. The molecule has 6 atom stereocenters. The van der Waals surface area contributed by atoms with E-state index in [0.717, 1.165) is 11.1 Å². The van der Waals surface area contributed by atoms with Gasteiger partial charge in [-0.3, -0.25) is 24.5 Å². The zero-order chi connectivity index (χ0) is 36.1. The summed E-state index contributed by atoms with van der Waals surface area (Å²) in [6.45, 7) is 6.18. The van der Waals surface area contributed by atoms with Crippen LogP contribution in [0.1, 0.15) is 42.5 Å². The highest BCUT2D eigenvalue weighted by atomic mass is 28.4. The Kier molecular flexibility index (Phi) is 9.41. The molecule has 3 heterocycles. The number of carbonyl (C=O) groups excluding carboxylic acids is 3. The SMILES string of the molecule is C[C@H](O)C(=O)Nc1ccc(CN2C(=O)[C@@]3(O[C@@H](CC(=O)N4Cc5ccccc5C[C@H]4CO)[C@H]([Si](C)(C)F)[C@H]3C)c3cc([N+](=O)[O-])ccc32)cc1. The van der Waals surface area contributed by atoms with E-state index in [9.17, 15) is 34.7 Å². The predicted octanol–water partition coefficient (Wildman–Crippen LogP) is 4.57. The van der Waals surface area contributed by atoms with Crippen LogP contribution in [0.5, 0.6) is 0 Å². The lowest BCUT2D eigenvalue weighted by Gasteiger charge is -2.37. The highest BCUT2D eigenvalue weighted by molar-refractivity contribution is 6.72. The predicted molar refractivity (Wildman–Crippen MR) is 185 cm³/mol. The van der Waals surface area contributed by atoms with Crippen molar-refractivity contribution in [2.24, 2.45) is 5.92 Å². The summed E-state index contributed by atoms with van der Waals surface area (Å²) in [6.07, 6.45) is -1.97. The van der Waals surface area contributed by atoms with Crippen LogP contribution in [0.2, 0.25) is 18.6 Å². The van der Waals surface area contributed by atoms with Gasteiger partial charge >= 0.3 is 0 Å². The quantitative estimate of drug-likeness (QED) is 0.126. The molecule has 6 rings (SSSR count). The highest BCUT2D eigenvalue weighted by Crippen LogP contribution is 2.60. The molecule has 0 unspecified atom stereocenters. The molecular weight excluding hydrogens is 664 g/mol. The van der Waals surface area contributed by atoms with Crippen molar-refractivity contribution in [2.45, 2.75) is 82.3 Å². The van der Waals surface area contributed by atoms with Crippen molar-refractivity contribution in [2.75, 3.05) is 16.8 Å². The van der Waals surface area contributed by atoms with Crippen molar-refractivity contribution in [3.8, 4) is 0 Å². The lowest BCUT2D eigenvalue weighted by atomic mass is 9.82. The number of aliphatic hydroxyl groups is 2. The average Bonchev–Trinajstić information content (AvgIpc) is 3.50. The van der Waals surface area contributed by atoms with Gasteiger partial charge < -0.3 is 34.2 Å². The molecule has 0 aliphatic carbocycles. The summed E-state index contributed by atoms with van der Waals surface area (Å²) in [6, 6.07) is 18.0. The van der Waals surface area contributed by atoms with Gasteiger partial charge in [0.2, 0.25) is 14.3 Å². The van der Waals surface area contributed by atoms with Crippen molar-refractivity contribution in [3.63, 3.8) is 0 Å². The average molecular weight is 705 g/mol. The van der Waals surface area contributed by atoms with Gasteiger partial charge in [-0.2, -0.15) is 0 Å². The number of aliphatic hydroxyl groups excluding tert-OH is 2. The molecule has 1 spiro atoms. The molecule has 0 bridgehead atoms. The number of carbonyl (C=O) groups is 3. The van der Waals surface area contributed by atoms with E-state index >= 15 is 4.11 Å². The van der Waals surface area contributed by atoms with Gasteiger partial charge in [-0.25, -0.2) is 0 Å². The van der Waals surface area contributed by atoms with Crippen molar-refractivity contribution in [3.05, 3.63) is 99.1 Å². The molecule has 0 saturated carbocycles. The molecule has 1 fully saturated rings. The molecule has 50 heavy (non-hydrogen) atoms. The van der Waals surface area contributed by atoms with Crippen LogP contribution in [0.3, 0.4) is 0 Å². The van der Waals surface area contributed by atoms with Crippen LogP contribution in [-0.2, 0) is 44.2 Å². The van der Waals surface area contributed by atoms with Gasteiger partial charge in [-0.1, -0.05) is 43.3 Å². The number of nitrogens with one attached hydrogen (secondary N) is 1. The molecule has 14 heteroatoms.